The third kappa shape index (κ3) is 5.49. The number of rotatable bonds is 7. The molecular formula is C20H23ClN2O3. The first-order valence-electron chi connectivity index (χ1n) is 8.35. The Morgan fingerprint density at radius 1 is 1.19 bits per heavy atom. The van der Waals surface area contributed by atoms with Gasteiger partial charge in [0.25, 0.3) is 5.91 Å². The molecule has 0 saturated carbocycles. The van der Waals surface area contributed by atoms with Crippen molar-refractivity contribution >= 4 is 23.4 Å². The summed E-state index contributed by atoms with van der Waals surface area (Å²) in [6.45, 7) is 3.79. The molecule has 0 aliphatic rings. The van der Waals surface area contributed by atoms with Gasteiger partial charge in [-0.15, -0.1) is 0 Å². The van der Waals surface area contributed by atoms with E-state index in [1.165, 1.54) is 4.90 Å². The number of nitrogens with one attached hydrogen (secondary N) is 1. The summed E-state index contributed by atoms with van der Waals surface area (Å²) in [5, 5.41) is 3.16. The van der Waals surface area contributed by atoms with Crippen LogP contribution in [0, 0.1) is 6.92 Å². The number of ether oxygens (including phenoxy) is 1. The van der Waals surface area contributed by atoms with Gasteiger partial charge in [0.1, 0.15) is 11.8 Å². The van der Waals surface area contributed by atoms with Crippen molar-refractivity contribution in [3.63, 3.8) is 0 Å². The highest BCUT2D eigenvalue weighted by molar-refractivity contribution is 6.30. The molecule has 26 heavy (non-hydrogen) atoms. The lowest BCUT2D eigenvalue weighted by molar-refractivity contribution is -0.142. The Kier molecular flexibility index (Phi) is 7.04. The third-order valence-electron chi connectivity index (χ3n) is 4.04. The zero-order valence-electron chi connectivity index (χ0n) is 15.2. The van der Waals surface area contributed by atoms with Crippen LogP contribution < -0.4 is 10.1 Å². The van der Waals surface area contributed by atoms with Gasteiger partial charge in [0.05, 0.1) is 0 Å². The number of likely N-dealkylation sites (N-methyl/N-ethyl adjacent to an activating group) is 1. The van der Waals surface area contributed by atoms with Crippen LogP contribution in [0.1, 0.15) is 18.1 Å². The van der Waals surface area contributed by atoms with E-state index in [1.807, 2.05) is 43.3 Å². The molecule has 0 aromatic heterocycles. The van der Waals surface area contributed by atoms with E-state index in [1.54, 1.807) is 26.1 Å². The van der Waals surface area contributed by atoms with Gasteiger partial charge in [-0.1, -0.05) is 41.4 Å². The van der Waals surface area contributed by atoms with Gasteiger partial charge in [0, 0.05) is 18.6 Å². The van der Waals surface area contributed by atoms with Gasteiger partial charge in [-0.25, -0.2) is 0 Å². The molecule has 0 heterocycles. The Morgan fingerprint density at radius 2 is 1.88 bits per heavy atom. The second kappa shape index (κ2) is 9.25. The molecule has 0 radical (unpaired) electrons. The molecule has 2 rings (SSSR count). The van der Waals surface area contributed by atoms with Gasteiger partial charge in [-0.3, -0.25) is 9.59 Å². The van der Waals surface area contributed by atoms with Gasteiger partial charge in [-0.2, -0.15) is 0 Å². The fourth-order valence-electron chi connectivity index (χ4n) is 2.49. The predicted octanol–water partition coefficient (Wildman–Crippen LogP) is 3.19. The SMILES string of the molecule is CNC(=O)C(C)N(Cc1cccc(Cl)c1)C(=O)COc1ccc(C)cc1. The molecule has 0 fully saturated rings. The molecule has 0 spiro atoms. The van der Waals surface area contributed by atoms with Crippen molar-refractivity contribution in [1.29, 1.82) is 0 Å². The number of aryl methyl sites for hydroxylation is 1. The Bertz CT molecular complexity index is 762. The fraction of sp³-hybridized carbons (Fsp3) is 0.300. The highest BCUT2D eigenvalue weighted by Crippen LogP contribution is 2.16. The average Bonchev–Trinajstić information content (AvgIpc) is 2.64. The number of carbonyl (C=O) groups is 2. The Hall–Kier alpha value is -2.53. The monoisotopic (exact) mass is 374 g/mol. The van der Waals surface area contributed by atoms with Crippen LogP contribution in [0.3, 0.4) is 0 Å². The van der Waals surface area contributed by atoms with Crippen molar-refractivity contribution in [1.82, 2.24) is 10.2 Å². The first-order chi connectivity index (χ1) is 12.4. The van der Waals surface area contributed by atoms with Crippen molar-refractivity contribution in [2.24, 2.45) is 0 Å². The standard InChI is InChI=1S/C20H23ClN2O3/c1-14-7-9-18(10-8-14)26-13-19(24)23(15(2)20(25)22-3)12-16-5-4-6-17(21)11-16/h4-11,15H,12-13H2,1-3H3,(H,22,25). The summed E-state index contributed by atoms with van der Waals surface area (Å²) in [6.07, 6.45) is 0. The number of hydrogen-bond acceptors (Lipinski definition) is 3. The first-order valence-corrected chi connectivity index (χ1v) is 8.73. The van der Waals surface area contributed by atoms with Crippen LogP contribution in [0.15, 0.2) is 48.5 Å². The summed E-state index contributed by atoms with van der Waals surface area (Å²) in [6, 6.07) is 14.0. The van der Waals surface area contributed by atoms with Crippen LogP contribution >= 0.6 is 11.6 Å². The molecule has 0 bridgehead atoms. The van der Waals surface area contributed by atoms with E-state index in [0.717, 1.165) is 11.1 Å². The minimum atomic E-state index is -0.631. The minimum absolute atomic E-state index is 0.148. The van der Waals surface area contributed by atoms with E-state index in [0.29, 0.717) is 10.8 Å². The van der Waals surface area contributed by atoms with E-state index in [-0.39, 0.29) is 25.0 Å². The number of hydrogen-bond donors (Lipinski definition) is 1. The Morgan fingerprint density at radius 3 is 2.50 bits per heavy atom. The topological polar surface area (TPSA) is 58.6 Å². The quantitative estimate of drug-likeness (QED) is 0.809. The van der Waals surface area contributed by atoms with Gasteiger partial charge < -0.3 is 15.0 Å². The molecule has 1 N–H and O–H groups in total. The van der Waals surface area contributed by atoms with Gasteiger partial charge in [-0.05, 0) is 43.7 Å². The molecule has 5 nitrogen and oxygen atoms in total. The number of nitrogens with zero attached hydrogens (tertiary/aromatic N) is 1. The molecular weight excluding hydrogens is 352 g/mol. The Labute approximate surface area is 158 Å². The van der Waals surface area contributed by atoms with E-state index < -0.39 is 6.04 Å². The molecule has 6 heteroatoms. The van der Waals surface area contributed by atoms with Crippen LogP contribution in [0.25, 0.3) is 0 Å². The molecule has 2 amide bonds. The van der Waals surface area contributed by atoms with E-state index in [2.05, 4.69) is 5.32 Å². The molecule has 0 aliphatic heterocycles. The smallest absolute Gasteiger partial charge is 0.261 e. The second-order valence-electron chi connectivity index (χ2n) is 6.04. The summed E-state index contributed by atoms with van der Waals surface area (Å²) in [5.41, 5.74) is 1.96. The lowest BCUT2D eigenvalue weighted by Gasteiger charge is -2.28. The second-order valence-corrected chi connectivity index (χ2v) is 6.48. The molecule has 2 aromatic carbocycles. The summed E-state index contributed by atoms with van der Waals surface area (Å²) in [4.78, 5) is 26.3. The van der Waals surface area contributed by atoms with Crippen LogP contribution in [0.5, 0.6) is 5.75 Å². The van der Waals surface area contributed by atoms with Crippen LogP contribution in [0.2, 0.25) is 5.02 Å². The molecule has 1 atom stereocenters. The average molecular weight is 375 g/mol. The molecule has 138 valence electrons. The van der Waals surface area contributed by atoms with Crippen molar-refractivity contribution in [3.05, 3.63) is 64.7 Å². The van der Waals surface area contributed by atoms with Crippen molar-refractivity contribution in [3.8, 4) is 5.75 Å². The van der Waals surface area contributed by atoms with Gasteiger partial charge in [0.15, 0.2) is 6.61 Å². The highest BCUT2D eigenvalue weighted by Gasteiger charge is 2.25. The highest BCUT2D eigenvalue weighted by atomic mass is 35.5. The first kappa shape index (κ1) is 19.8. The molecule has 2 aromatic rings. The summed E-state index contributed by atoms with van der Waals surface area (Å²) < 4.78 is 5.58. The maximum Gasteiger partial charge on any atom is 0.261 e. The van der Waals surface area contributed by atoms with Gasteiger partial charge in [0.2, 0.25) is 5.91 Å². The van der Waals surface area contributed by atoms with Crippen LogP contribution in [-0.2, 0) is 16.1 Å². The molecule has 0 saturated heterocycles. The van der Waals surface area contributed by atoms with Crippen molar-refractivity contribution < 1.29 is 14.3 Å². The van der Waals surface area contributed by atoms with Crippen molar-refractivity contribution in [2.45, 2.75) is 26.4 Å². The van der Waals surface area contributed by atoms with E-state index in [4.69, 9.17) is 16.3 Å². The van der Waals surface area contributed by atoms with Crippen LogP contribution in [0.4, 0.5) is 0 Å². The number of halogens is 1. The largest absolute Gasteiger partial charge is 0.484 e. The van der Waals surface area contributed by atoms with Crippen molar-refractivity contribution in [2.75, 3.05) is 13.7 Å². The maximum atomic E-state index is 12.7. The normalized spacial score (nSPS) is 11.5. The molecule has 0 aliphatic carbocycles. The lowest BCUT2D eigenvalue weighted by atomic mass is 10.1. The third-order valence-corrected chi connectivity index (χ3v) is 4.27. The summed E-state index contributed by atoms with van der Waals surface area (Å²) in [7, 11) is 1.55. The lowest BCUT2D eigenvalue weighted by Crippen LogP contribution is -2.48. The summed E-state index contributed by atoms with van der Waals surface area (Å²) >= 11 is 6.02. The van der Waals surface area contributed by atoms with Gasteiger partial charge >= 0.3 is 0 Å². The minimum Gasteiger partial charge on any atom is -0.484 e. The fourth-order valence-corrected chi connectivity index (χ4v) is 2.70. The Balaban J connectivity index is 2.12. The zero-order valence-corrected chi connectivity index (χ0v) is 15.9. The number of benzene rings is 2. The number of amides is 2. The van der Waals surface area contributed by atoms with E-state index in [9.17, 15) is 9.59 Å². The predicted molar refractivity (Wildman–Crippen MR) is 102 cm³/mol. The van der Waals surface area contributed by atoms with Crippen LogP contribution in [-0.4, -0.2) is 36.4 Å². The number of carbonyl (C=O) groups excluding carboxylic acids is 2. The maximum absolute atomic E-state index is 12.7. The molecule has 1 unspecified atom stereocenters. The zero-order chi connectivity index (χ0) is 19.1. The van der Waals surface area contributed by atoms with E-state index >= 15 is 0 Å². The summed E-state index contributed by atoms with van der Waals surface area (Å²) in [5.74, 6) is 0.0941.